The van der Waals surface area contributed by atoms with Crippen molar-refractivity contribution in [1.82, 2.24) is 4.90 Å². The lowest BCUT2D eigenvalue weighted by Crippen LogP contribution is -2.81. The molecule has 0 aromatic heterocycles. The number of ether oxygens (including phenoxy) is 6. The van der Waals surface area contributed by atoms with E-state index in [1.165, 1.54) is 7.11 Å². The summed E-state index contributed by atoms with van der Waals surface area (Å²) < 4.78 is 37.7. The molecule has 11 nitrogen and oxygen atoms in total. The molecule has 11 heteroatoms. The second-order valence-corrected chi connectivity index (χ2v) is 14.0. The van der Waals surface area contributed by atoms with Crippen LogP contribution in [0.2, 0.25) is 0 Å². The van der Waals surface area contributed by atoms with Gasteiger partial charge in [0.05, 0.1) is 30.5 Å². The molecule has 3 N–H and O–H groups in total. The van der Waals surface area contributed by atoms with Crippen molar-refractivity contribution in [3.63, 3.8) is 0 Å². The van der Waals surface area contributed by atoms with Gasteiger partial charge in [0, 0.05) is 83.1 Å². The van der Waals surface area contributed by atoms with Crippen LogP contribution >= 0.6 is 0 Å². The highest BCUT2D eigenvalue weighted by Gasteiger charge is 2.91. The quantitative estimate of drug-likeness (QED) is 0.339. The number of carbonyl (C=O) groups is 1. The minimum Gasteiger partial charge on any atom is -0.455 e. The van der Waals surface area contributed by atoms with E-state index >= 15 is 0 Å². The number of esters is 1. The van der Waals surface area contributed by atoms with Crippen molar-refractivity contribution in [2.24, 2.45) is 34.5 Å². The molecule has 1 aromatic carbocycles. The lowest BCUT2D eigenvalue weighted by atomic mass is 9.42. The van der Waals surface area contributed by atoms with Crippen molar-refractivity contribution in [3.05, 3.63) is 35.9 Å². The van der Waals surface area contributed by atoms with Crippen LogP contribution in [0.5, 0.6) is 0 Å². The summed E-state index contributed by atoms with van der Waals surface area (Å²) in [6.45, 7) is 3.68. The number of hydrogen-bond acceptors (Lipinski definition) is 11. The van der Waals surface area contributed by atoms with Crippen molar-refractivity contribution >= 4 is 5.97 Å². The number of fused-ring (bicyclic) bond motifs is 2. The highest BCUT2D eigenvalue weighted by Crippen LogP contribution is 2.80. The Kier molecular flexibility index (Phi) is 7.33. The first kappa shape index (κ1) is 31.0. The van der Waals surface area contributed by atoms with E-state index in [0.29, 0.717) is 31.7 Å². The molecule has 44 heavy (non-hydrogen) atoms. The smallest absolute Gasteiger partial charge is 0.338 e. The molecule has 15 atom stereocenters. The second-order valence-electron chi connectivity index (χ2n) is 14.0. The summed E-state index contributed by atoms with van der Waals surface area (Å²) in [5.74, 6) is -2.20. The number of piperidine rings is 1. The summed E-state index contributed by atoms with van der Waals surface area (Å²) >= 11 is 0. The van der Waals surface area contributed by atoms with E-state index in [2.05, 4.69) is 11.8 Å². The Morgan fingerprint density at radius 3 is 2.32 bits per heavy atom. The summed E-state index contributed by atoms with van der Waals surface area (Å²) in [6.07, 6.45) is -4.42. The van der Waals surface area contributed by atoms with E-state index in [1.54, 1.807) is 52.7 Å². The van der Waals surface area contributed by atoms with Gasteiger partial charge in [0.2, 0.25) is 0 Å². The van der Waals surface area contributed by atoms with Gasteiger partial charge >= 0.3 is 5.97 Å². The predicted octanol–water partition coefficient (Wildman–Crippen LogP) is 0.731. The molecule has 1 spiro atoms. The van der Waals surface area contributed by atoms with Crippen molar-refractivity contribution in [2.75, 3.05) is 55.2 Å². The number of aliphatic hydroxyl groups is 3. The van der Waals surface area contributed by atoms with Gasteiger partial charge in [-0.05, 0) is 31.0 Å². The molecule has 7 bridgehead atoms. The van der Waals surface area contributed by atoms with Crippen LogP contribution in [0.3, 0.4) is 0 Å². The maximum atomic E-state index is 13.7. The molecular weight excluding hydrogens is 570 g/mol. The minimum absolute atomic E-state index is 0.177. The Morgan fingerprint density at radius 2 is 1.73 bits per heavy atom. The number of carbonyl (C=O) groups excluding carboxylic acids is 1. The Morgan fingerprint density at radius 1 is 1.00 bits per heavy atom. The molecule has 1 heterocycles. The molecule has 6 aliphatic rings. The normalized spacial score (nSPS) is 51.8. The predicted molar refractivity (Wildman–Crippen MR) is 156 cm³/mol. The number of aliphatic hydroxyl groups excluding tert-OH is 2. The number of benzene rings is 1. The summed E-state index contributed by atoms with van der Waals surface area (Å²) in [5.41, 5.74) is -4.01. The number of nitrogens with zero attached hydrogens (tertiary/aromatic N) is 1. The zero-order valence-electron chi connectivity index (χ0n) is 26.4. The standard InChI is InChI=1S/C33H47NO10/c1-7-34-15-30(16-39-2)19(35)13-20(40-3)32-18-14-31(38)27(44-29(37)17-11-9-8-10-12-17)21(18)33(43-6,26(36)28(31)42-5)22(25(32)34)23(41-4)24(30)32/h8-12,18-28,35-36,38H,7,13-16H2,1-6H3/t18-,19?,20+,21-,22+,23+,24-,25-,26+,27-,28+,30+,31+,32+,33-/m1/s1. The van der Waals surface area contributed by atoms with Crippen LogP contribution in [0.15, 0.2) is 30.3 Å². The third-order valence-electron chi connectivity index (χ3n) is 13.2. The van der Waals surface area contributed by atoms with Gasteiger partial charge < -0.3 is 43.7 Å². The first-order chi connectivity index (χ1) is 21.1. The average Bonchev–Trinajstić information content (AvgIpc) is 3.40. The van der Waals surface area contributed by atoms with Gasteiger partial charge in [0.15, 0.2) is 0 Å². The Labute approximate surface area is 258 Å². The van der Waals surface area contributed by atoms with E-state index in [9.17, 15) is 20.1 Å². The fourth-order valence-corrected chi connectivity index (χ4v) is 12.3. The zero-order chi connectivity index (χ0) is 31.4. The molecule has 5 saturated carbocycles. The van der Waals surface area contributed by atoms with Crippen LogP contribution in [0.25, 0.3) is 0 Å². The first-order valence-corrected chi connectivity index (χ1v) is 15.8. The van der Waals surface area contributed by atoms with E-state index in [1.807, 2.05) is 6.07 Å². The average molecular weight is 618 g/mol. The third kappa shape index (κ3) is 3.31. The summed E-state index contributed by atoms with van der Waals surface area (Å²) in [6, 6.07) is 8.55. The van der Waals surface area contributed by atoms with Crippen molar-refractivity contribution in [3.8, 4) is 0 Å². The lowest BCUT2D eigenvalue weighted by molar-refractivity contribution is -0.325. The Balaban J connectivity index is 1.50. The van der Waals surface area contributed by atoms with E-state index < -0.39 is 76.5 Å². The topological polar surface area (TPSA) is 136 Å². The van der Waals surface area contributed by atoms with Crippen LogP contribution in [-0.4, -0.2) is 135 Å². The number of likely N-dealkylation sites (tertiary alicyclic amines) is 1. The lowest BCUT2D eigenvalue weighted by Gasteiger charge is -2.70. The van der Waals surface area contributed by atoms with Gasteiger partial charge in [-0.2, -0.15) is 0 Å². The summed E-state index contributed by atoms with van der Waals surface area (Å²) in [5, 5.41) is 37.1. The molecule has 0 amide bonds. The zero-order valence-corrected chi connectivity index (χ0v) is 26.4. The fourth-order valence-electron chi connectivity index (χ4n) is 12.3. The van der Waals surface area contributed by atoms with Gasteiger partial charge in [-0.25, -0.2) is 4.79 Å². The highest BCUT2D eigenvalue weighted by molar-refractivity contribution is 5.89. The molecular formula is C33H47NO10. The maximum absolute atomic E-state index is 13.7. The third-order valence-corrected chi connectivity index (χ3v) is 13.2. The van der Waals surface area contributed by atoms with Gasteiger partial charge in [0.1, 0.15) is 29.5 Å². The van der Waals surface area contributed by atoms with Crippen LogP contribution < -0.4 is 0 Å². The molecule has 7 rings (SSSR count). The molecule has 1 unspecified atom stereocenters. The number of hydrogen-bond donors (Lipinski definition) is 3. The van der Waals surface area contributed by atoms with Crippen molar-refractivity contribution in [2.45, 2.75) is 73.6 Å². The number of rotatable bonds is 9. The van der Waals surface area contributed by atoms with E-state index in [-0.39, 0.29) is 24.3 Å². The monoisotopic (exact) mass is 617 g/mol. The van der Waals surface area contributed by atoms with E-state index in [0.717, 1.165) is 0 Å². The van der Waals surface area contributed by atoms with Gasteiger partial charge in [-0.15, -0.1) is 0 Å². The molecule has 1 saturated heterocycles. The highest BCUT2D eigenvalue weighted by atomic mass is 16.6. The Hall–Kier alpha value is -1.67. The van der Waals surface area contributed by atoms with Crippen molar-refractivity contribution in [1.29, 1.82) is 0 Å². The van der Waals surface area contributed by atoms with Gasteiger partial charge in [0.25, 0.3) is 0 Å². The molecule has 1 aliphatic heterocycles. The van der Waals surface area contributed by atoms with Crippen LogP contribution in [0, 0.1) is 34.5 Å². The maximum Gasteiger partial charge on any atom is 0.338 e. The van der Waals surface area contributed by atoms with Gasteiger partial charge in [-0.1, -0.05) is 25.1 Å². The SMILES string of the molecule is CCN1C[C@]2(COC)C(O)C[C@H](OC)[C@@]34[C@@H]5C[C@]6(O)[C@H](OC(=O)c7ccccc7)[C@@H]5[C@@](OC)([C@@H]([C@H](OC)[C@H]23)[C@@H]14)[C@@H](O)[C@@H]6OC. The van der Waals surface area contributed by atoms with Crippen LogP contribution in [0.1, 0.15) is 30.1 Å². The van der Waals surface area contributed by atoms with Crippen LogP contribution in [-0.2, 0) is 28.4 Å². The minimum atomic E-state index is -1.71. The fraction of sp³-hybridized carbons (Fsp3) is 0.788. The summed E-state index contributed by atoms with van der Waals surface area (Å²) in [4.78, 5) is 16.1. The molecule has 244 valence electrons. The molecule has 6 fully saturated rings. The molecule has 1 aromatic rings. The second kappa shape index (κ2) is 10.4. The largest absolute Gasteiger partial charge is 0.455 e. The molecule has 0 radical (unpaired) electrons. The Bertz CT molecular complexity index is 1270. The first-order valence-electron chi connectivity index (χ1n) is 15.8. The number of methoxy groups -OCH3 is 5. The van der Waals surface area contributed by atoms with E-state index in [4.69, 9.17) is 28.4 Å². The van der Waals surface area contributed by atoms with Crippen LogP contribution in [0.4, 0.5) is 0 Å². The van der Waals surface area contributed by atoms with Crippen molar-refractivity contribution < 1.29 is 48.5 Å². The summed E-state index contributed by atoms with van der Waals surface area (Å²) in [7, 11) is 8.09. The van der Waals surface area contributed by atoms with Gasteiger partial charge in [-0.3, -0.25) is 4.90 Å². The molecule has 5 aliphatic carbocycles.